The fourth-order valence-electron chi connectivity index (χ4n) is 2.32. The number of carbonyl (C=O) groups excluding carboxylic acids is 2. The largest absolute Gasteiger partial charge is 0.349 e. The highest BCUT2D eigenvalue weighted by atomic mass is 32.1. The molecule has 23 heavy (non-hydrogen) atoms. The Balaban J connectivity index is 1.62. The van der Waals surface area contributed by atoms with Crippen LogP contribution in [-0.4, -0.2) is 22.8 Å². The SMILES string of the molecule is O=C(N[C@H](Cc1ccccc1)C(=O)NCc1cscn1)C1CC1. The van der Waals surface area contributed by atoms with Crippen LogP contribution in [0.2, 0.25) is 0 Å². The molecule has 0 spiro atoms. The van der Waals surface area contributed by atoms with Gasteiger partial charge in [0.2, 0.25) is 11.8 Å². The summed E-state index contributed by atoms with van der Waals surface area (Å²) in [7, 11) is 0. The van der Waals surface area contributed by atoms with Gasteiger partial charge in [-0.1, -0.05) is 30.3 Å². The topological polar surface area (TPSA) is 71.1 Å². The summed E-state index contributed by atoms with van der Waals surface area (Å²) in [5.74, 6) is -0.106. The number of benzene rings is 1. The smallest absolute Gasteiger partial charge is 0.243 e. The standard InChI is InChI=1S/C17H19N3O2S/c21-16(13-6-7-13)20-15(8-12-4-2-1-3-5-12)17(22)18-9-14-10-23-11-19-14/h1-5,10-11,13,15H,6-9H2,(H,18,22)(H,20,21)/t15-/m1/s1. The van der Waals surface area contributed by atoms with Gasteiger partial charge in [0.05, 0.1) is 17.7 Å². The van der Waals surface area contributed by atoms with Crippen molar-refractivity contribution in [1.29, 1.82) is 0 Å². The van der Waals surface area contributed by atoms with E-state index in [1.54, 1.807) is 5.51 Å². The molecule has 1 aliphatic rings. The van der Waals surface area contributed by atoms with Crippen molar-refractivity contribution < 1.29 is 9.59 Å². The molecule has 1 heterocycles. The second kappa shape index (κ2) is 7.37. The van der Waals surface area contributed by atoms with E-state index in [1.807, 2.05) is 35.7 Å². The highest BCUT2D eigenvalue weighted by Crippen LogP contribution is 2.29. The summed E-state index contributed by atoms with van der Waals surface area (Å²) in [5, 5.41) is 7.65. The molecule has 0 unspecified atom stereocenters. The molecule has 0 bridgehead atoms. The van der Waals surface area contributed by atoms with Crippen LogP contribution < -0.4 is 10.6 Å². The van der Waals surface area contributed by atoms with Crippen LogP contribution >= 0.6 is 11.3 Å². The average molecular weight is 329 g/mol. The quantitative estimate of drug-likeness (QED) is 0.815. The highest BCUT2D eigenvalue weighted by Gasteiger charge is 2.32. The van der Waals surface area contributed by atoms with E-state index in [4.69, 9.17) is 0 Å². The molecule has 6 heteroatoms. The first kappa shape index (κ1) is 15.7. The van der Waals surface area contributed by atoms with Gasteiger partial charge < -0.3 is 10.6 Å². The molecule has 2 amide bonds. The maximum Gasteiger partial charge on any atom is 0.243 e. The van der Waals surface area contributed by atoms with Crippen molar-refractivity contribution in [2.75, 3.05) is 0 Å². The molecule has 1 aliphatic carbocycles. The fraction of sp³-hybridized carbons (Fsp3) is 0.353. The minimum atomic E-state index is -0.552. The van der Waals surface area contributed by atoms with Gasteiger partial charge in [0.1, 0.15) is 6.04 Å². The molecule has 3 rings (SSSR count). The maximum absolute atomic E-state index is 12.5. The molecular formula is C17H19N3O2S. The lowest BCUT2D eigenvalue weighted by Crippen LogP contribution is -2.48. The van der Waals surface area contributed by atoms with Crippen molar-refractivity contribution in [3.8, 4) is 0 Å². The number of thiazole rings is 1. The number of rotatable bonds is 7. The third kappa shape index (κ3) is 4.63. The van der Waals surface area contributed by atoms with E-state index in [-0.39, 0.29) is 17.7 Å². The normalized spacial score (nSPS) is 15.0. The van der Waals surface area contributed by atoms with E-state index >= 15 is 0 Å². The van der Waals surface area contributed by atoms with Crippen LogP contribution in [0.15, 0.2) is 41.2 Å². The van der Waals surface area contributed by atoms with Crippen LogP contribution in [-0.2, 0) is 22.6 Å². The second-order valence-electron chi connectivity index (χ2n) is 5.72. The molecule has 1 saturated carbocycles. The number of nitrogens with one attached hydrogen (secondary N) is 2. The molecule has 1 fully saturated rings. The number of amides is 2. The Bertz CT molecular complexity index is 654. The third-order valence-corrected chi connectivity index (χ3v) is 4.43. The summed E-state index contributed by atoms with van der Waals surface area (Å²) in [5.41, 5.74) is 3.59. The van der Waals surface area contributed by atoms with E-state index in [9.17, 15) is 9.59 Å². The summed E-state index contributed by atoms with van der Waals surface area (Å²) in [4.78, 5) is 28.7. The van der Waals surface area contributed by atoms with Crippen molar-refractivity contribution >= 4 is 23.2 Å². The zero-order valence-corrected chi connectivity index (χ0v) is 13.5. The van der Waals surface area contributed by atoms with E-state index < -0.39 is 6.04 Å². The summed E-state index contributed by atoms with van der Waals surface area (Å²) in [6.45, 7) is 0.382. The average Bonchev–Trinajstić information content (AvgIpc) is 3.29. The Hall–Kier alpha value is -2.21. The van der Waals surface area contributed by atoms with Crippen LogP contribution in [0.4, 0.5) is 0 Å². The van der Waals surface area contributed by atoms with Crippen LogP contribution in [0.25, 0.3) is 0 Å². The van der Waals surface area contributed by atoms with Gasteiger partial charge in [0.25, 0.3) is 0 Å². The highest BCUT2D eigenvalue weighted by molar-refractivity contribution is 7.07. The van der Waals surface area contributed by atoms with E-state index in [0.717, 1.165) is 24.1 Å². The van der Waals surface area contributed by atoms with Gasteiger partial charge in [-0.25, -0.2) is 4.98 Å². The van der Waals surface area contributed by atoms with Crippen LogP contribution in [0, 0.1) is 5.92 Å². The Labute approximate surface area is 139 Å². The molecule has 1 atom stereocenters. The van der Waals surface area contributed by atoms with E-state index in [0.29, 0.717) is 13.0 Å². The maximum atomic E-state index is 12.5. The van der Waals surface area contributed by atoms with Gasteiger partial charge in [-0.2, -0.15) is 0 Å². The molecule has 0 aliphatic heterocycles. The molecular weight excluding hydrogens is 310 g/mol. The molecule has 1 aromatic carbocycles. The predicted octanol–water partition coefficient (Wildman–Crippen LogP) is 1.90. The molecule has 1 aromatic heterocycles. The van der Waals surface area contributed by atoms with Crippen molar-refractivity contribution in [3.63, 3.8) is 0 Å². The van der Waals surface area contributed by atoms with Crippen molar-refractivity contribution in [2.24, 2.45) is 5.92 Å². The first-order valence-corrected chi connectivity index (χ1v) is 8.66. The first-order valence-electron chi connectivity index (χ1n) is 7.71. The Kier molecular flexibility index (Phi) is 5.02. The predicted molar refractivity (Wildman–Crippen MR) is 88.8 cm³/mol. The summed E-state index contributed by atoms with van der Waals surface area (Å²) < 4.78 is 0. The van der Waals surface area contributed by atoms with E-state index in [2.05, 4.69) is 15.6 Å². The first-order chi connectivity index (χ1) is 11.2. The fourth-order valence-corrected chi connectivity index (χ4v) is 2.88. The number of nitrogens with zero attached hydrogens (tertiary/aromatic N) is 1. The van der Waals surface area contributed by atoms with Gasteiger partial charge in [0.15, 0.2) is 0 Å². The third-order valence-electron chi connectivity index (χ3n) is 3.79. The van der Waals surface area contributed by atoms with Crippen molar-refractivity contribution in [2.45, 2.75) is 31.8 Å². The molecule has 5 nitrogen and oxygen atoms in total. The Morgan fingerprint density at radius 3 is 2.70 bits per heavy atom. The minimum Gasteiger partial charge on any atom is -0.349 e. The van der Waals surface area contributed by atoms with Crippen LogP contribution in [0.1, 0.15) is 24.1 Å². The lowest BCUT2D eigenvalue weighted by atomic mass is 10.0. The van der Waals surface area contributed by atoms with Gasteiger partial charge in [-0.05, 0) is 18.4 Å². The number of carbonyl (C=O) groups is 2. The molecule has 2 aromatic rings. The molecule has 2 N–H and O–H groups in total. The lowest BCUT2D eigenvalue weighted by Gasteiger charge is -2.18. The minimum absolute atomic E-state index is 0.0188. The number of aromatic nitrogens is 1. The molecule has 120 valence electrons. The van der Waals surface area contributed by atoms with Crippen molar-refractivity contribution in [3.05, 3.63) is 52.5 Å². The summed E-state index contributed by atoms with van der Waals surface area (Å²) in [6.07, 6.45) is 2.33. The van der Waals surface area contributed by atoms with Gasteiger partial charge in [0, 0.05) is 17.7 Å². The van der Waals surface area contributed by atoms with Crippen LogP contribution in [0.5, 0.6) is 0 Å². The van der Waals surface area contributed by atoms with Crippen LogP contribution in [0.3, 0.4) is 0 Å². The molecule has 0 saturated heterocycles. The summed E-state index contributed by atoms with van der Waals surface area (Å²) in [6, 6.07) is 9.17. The van der Waals surface area contributed by atoms with Crippen molar-refractivity contribution in [1.82, 2.24) is 15.6 Å². The number of hydrogen-bond donors (Lipinski definition) is 2. The number of hydrogen-bond acceptors (Lipinski definition) is 4. The van der Waals surface area contributed by atoms with Gasteiger partial charge in [-0.15, -0.1) is 11.3 Å². The second-order valence-corrected chi connectivity index (χ2v) is 6.44. The Morgan fingerprint density at radius 2 is 2.04 bits per heavy atom. The molecule has 0 radical (unpaired) electrons. The van der Waals surface area contributed by atoms with E-state index in [1.165, 1.54) is 11.3 Å². The van der Waals surface area contributed by atoms with Gasteiger partial charge in [-0.3, -0.25) is 9.59 Å². The monoisotopic (exact) mass is 329 g/mol. The zero-order valence-electron chi connectivity index (χ0n) is 12.7. The lowest BCUT2D eigenvalue weighted by molar-refractivity contribution is -0.129. The van der Waals surface area contributed by atoms with Gasteiger partial charge >= 0.3 is 0 Å². The Morgan fingerprint density at radius 1 is 1.26 bits per heavy atom. The zero-order chi connectivity index (χ0) is 16.1. The summed E-state index contributed by atoms with van der Waals surface area (Å²) >= 11 is 1.49.